The van der Waals surface area contributed by atoms with Crippen molar-refractivity contribution in [1.29, 1.82) is 0 Å². The quantitative estimate of drug-likeness (QED) is 0.669. The van der Waals surface area contributed by atoms with E-state index in [1.165, 1.54) is 0 Å². The molecule has 0 saturated carbocycles. The van der Waals surface area contributed by atoms with Crippen molar-refractivity contribution in [2.24, 2.45) is 0 Å². The molecule has 2 nitrogen and oxygen atoms in total. The van der Waals surface area contributed by atoms with Crippen molar-refractivity contribution in [2.45, 2.75) is 12.5 Å². The highest BCUT2D eigenvalue weighted by Crippen LogP contribution is 2.31. The van der Waals surface area contributed by atoms with Crippen molar-refractivity contribution in [3.05, 3.63) is 60.9 Å². The Morgan fingerprint density at radius 2 is 1.80 bits per heavy atom. The summed E-state index contributed by atoms with van der Waals surface area (Å²) in [5, 5.41) is 10.4. The minimum Gasteiger partial charge on any atom is -0.497 e. The van der Waals surface area contributed by atoms with Crippen molar-refractivity contribution in [1.82, 2.24) is 0 Å². The lowest BCUT2D eigenvalue weighted by Crippen LogP contribution is -2.03. The first-order valence-electron chi connectivity index (χ1n) is 5.96. The molecule has 5 heteroatoms. The molecule has 0 saturated heterocycles. The van der Waals surface area contributed by atoms with Gasteiger partial charge in [-0.15, -0.1) is 0 Å². The van der Waals surface area contributed by atoms with Crippen molar-refractivity contribution in [3.63, 3.8) is 0 Å². The van der Waals surface area contributed by atoms with E-state index in [0.29, 0.717) is 6.42 Å². The maximum atomic E-state index is 10.4. The molecule has 0 aromatic heterocycles. The number of aliphatic hydroxyl groups is 1. The lowest BCUT2D eigenvalue weighted by Gasteiger charge is -2.15. The summed E-state index contributed by atoms with van der Waals surface area (Å²) >= 11 is 10.4. The zero-order valence-corrected chi connectivity index (χ0v) is 15.5. The van der Waals surface area contributed by atoms with Gasteiger partial charge in [0.05, 0.1) is 13.2 Å². The Hall–Kier alpha value is -0.360. The van der Waals surface area contributed by atoms with E-state index in [-0.39, 0.29) is 0 Å². The van der Waals surface area contributed by atoms with Gasteiger partial charge in [0.2, 0.25) is 0 Å². The normalized spacial score (nSPS) is 12.2. The van der Waals surface area contributed by atoms with Gasteiger partial charge in [-0.1, -0.05) is 53.9 Å². The lowest BCUT2D eigenvalue weighted by molar-refractivity contribution is 0.177. The summed E-state index contributed by atoms with van der Waals surface area (Å²) in [6, 6.07) is 11.5. The summed E-state index contributed by atoms with van der Waals surface area (Å²) in [4.78, 5) is 0. The van der Waals surface area contributed by atoms with Crippen molar-refractivity contribution >= 4 is 47.8 Å². The Labute approximate surface area is 143 Å². The average molecular weight is 465 g/mol. The zero-order valence-electron chi connectivity index (χ0n) is 10.7. The molecule has 20 heavy (non-hydrogen) atoms. The van der Waals surface area contributed by atoms with Crippen LogP contribution >= 0.6 is 47.8 Å². The number of ether oxygens (including phenoxy) is 1. The van der Waals surface area contributed by atoms with Crippen molar-refractivity contribution < 1.29 is 9.84 Å². The van der Waals surface area contributed by atoms with E-state index in [9.17, 15) is 5.11 Å². The first-order chi connectivity index (χ1) is 9.51. The summed E-state index contributed by atoms with van der Waals surface area (Å²) in [6.07, 6.45) is -0.0706. The predicted molar refractivity (Wildman–Crippen MR) is 91.2 cm³/mol. The van der Waals surface area contributed by atoms with E-state index in [0.717, 1.165) is 30.3 Å². The second-order valence-electron chi connectivity index (χ2n) is 4.34. The molecule has 0 aliphatic heterocycles. The molecule has 106 valence electrons. The smallest absolute Gasteiger partial charge is 0.119 e. The number of methoxy groups -OCH3 is 1. The van der Waals surface area contributed by atoms with E-state index >= 15 is 0 Å². The number of rotatable bonds is 4. The van der Waals surface area contributed by atoms with Crippen LogP contribution in [0, 0.1) is 0 Å². The molecule has 1 atom stereocenters. The largest absolute Gasteiger partial charge is 0.497 e. The fourth-order valence-corrected chi connectivity index (χ4v) is 3.64. The number of aliphatic hydroxyl groups excluding tert-OH is 1. The fraction of sp³-hybridized carbons (Fsp3) is 0.200. The van der Waals surface area contributed by atoms with E-state index in [1.807, 2.05) is 36.4 Å². The van der Waals surface area contributed by atoms with Gasteiger partial charge in [0.1, 0.15) is 5.75 Å². The minimum atomic E-state index is -0.583. The molecule has 0 amide bonds. The second kappa shape index (κ2) is 7.07. The van der Waals surface area contributed by atoms with E-state index in [1.54, 1.807) is 7.11 Å². The summed E-state index contributed by atoms with van der Waals surface area (Å²) in [6.45, 7) is 0. The summed E-state index contributed by atoms with van der Waals surface area (Å²) in [5.41, 5.74) is 1.87. The maximum Gasteiger partial charge on any atom is 0.119 e. The van der Waals surface area contributed by atoms with Gasteiger partial charge >= 0.3 is 0 Å². The molecule has 1 N–H and O–H groups in total. The highest BCUT2D eigenvalue weighted by molar-refractivity contribution is 9.11. The van der Waals surface area contributed by atoms with Crippen LogP contribution in [0.2, 0.25) is 0 Å². The molecular weight excluding hydrogens is 452 g/mol. The first-order valence-corrected chi connectivity index (χ1v) is 8.34. The lowest BCUT2D eigenvalue weighted by atomic mass is 10.0. The zero-order chi connectivity index (χ0) is 14.7. The van der Waals surface area contributed by atoms with Crippen LogP contribution in [0.1, 0.15) is 17.2 Å². The van der Waals surface area contributed by atoms with Crippen LogP contribution in [0.5, 0.6) is 5.75 Å². The van der Waals surface area contributed by atoms with Gasteiger partial charge in [-0.2, -0.15) is 0 Å². The number of benzene rings is 2. The van der Waals surface area contributed by atoms with Crippen LogP contribution in [-0.4, -0.2) is 12.2 Å². The maximum absolute atomic E-state index is 10.4. The second-order valence-corrected chi connectivity index (χ2v) is 6.97. The number of hydrogen-bond acceptors (Lipinski definition) is 2. The SMILES string of the molecule is COc1ccc(Br)c(CC(O)c2ccc(Br)cc2Br)c1. The third-order valence-corrected chi connectivity index (χ3v) is 4.94. The van der Waals surface area contributed by atoms with Gasteiger partial charge in [-0.25, -0.2) is 0 Å². The van der Waals surface area contributed by atoms with Gasteiger partial charge in [0.25, 0.3) is 0 Å². The van der Waals surface area contributed by atoms with E-state index < -0.39 is 6.10 Å². The Morgan fingerprint density at radius 1 is 1.05 bits per heavy atom. The summed E-state index contributed by atoms with van der Waals surface area (Å²) in [7, 11) is 1.63. The molecule has 0 spiro atoms. The van der Waals surface area contributed by atoms with E-state index in [4.69, 9.17) is 4.74 Å². The van der Waals surface area contributed by atoms with Crippen LogP contribution in [0.4, 0.5) is 0 Å². The minimum absolute atomic E-state index is 0.512. The van der Waals surface area contributed by atoms with E-state index in [2.05, 4.69) is 47.8 Å². The first kappa shape index (κ1) is 16.0. The predicted octanol–water partition coefficient (Wildman–Crippen LogP) is 5.26. The molecule has 2 rings (SSSR count). The highest BCUT2D eigenvalue weighted by atomic mass is 79.9. The molecule has 0 bridgehead atoms. The molecule has 0 heterocycles. The van der Waals surface area contributed by atoms with Crippen molar-refractivity contribution in [2.75, 3.05) is 7.11 Å². The fourth-order valence-electron chi connectivity index (χ4n) is 1.92. The summed E-state index contributed by atoms with van der Waals surface area (Å²) < 4.78 is 8.04. The van der Waals surface area contributed by atoms with Gasteiger partial charge in [-0.05, 0) is 41.5 Å². The van der Waals surface area contributed by atoms with Gasteiger partial charge in [0.15, 0.2) is 0 Å². The molecule has 0 radical (unpaired) electrons. The number of hydrogen-bond donors (Lipinski definition) is 1. The van der Waals surface area contributed by atoms with Gasteiger partial charge < -0.3 is 9.84 Å². The van der Waals surface area contributed by atoms with Gasteiger partial charge in [-0.3, -0.25) is 0 Å². The molecule has 2 aromatic rings. The van der Waals surface area contributed by atoms with Crippen LogP contribution in [0.15, 0.2) is 49.8 Å². The molecule has 2 aromatic carbocycles. The Bertz CT molecular complexity index is 614. The highest BCUT2D eigenvalue weighted by Gasteiger charge is 2.14. The molecule has 0 aliphatic carbocycles. The molecule has 0 aliphatic rings. The third kappa shape index (κ3) is 3.85. The summed E-state index contributed by atoms with van der Waals surface area (Å²) in [5.74, 6) is 0.783. The number of halogens is 3. The molecule has 0 fully saturated rings. The third-order valence-electron chi connectivity index (χ3n) is 2.99. The Morgan fingerprint density at radius 3 is 2.45 bits per heavy atom. The van der Waals surface area contributed by atoms with Crippen LogP contribution in [0.25, 0.3) is 0 Å². The molecular formula is C15H13Br3O2. The topological polar surface area (TPSA) is 29.5 Å². The van der Waals surface area contributed by atoms with Crippen LogP contribution < -0.4 is 4.74 Å². The average Bonchev–Trinajstić information content (AvgIpc) is 2.41. The Kier molecular flexibility index (Phi) is 5.66. The Balaban J connectivity index is 2.25. The standard InChI is InChI=1S/C15H13Br3O2/c1-20-11-3-5-13(17)9(6-11)7-15(19)12-4-2-10(16)8-14(12)18/h2-6,8,15,19H,7H2,1H3. The van der Waals surface area contributed by atoms with Crippen LogP contribution in [-0.2, 0) is 6.42 Å². The van der Waals surface area contributed by atoms with Crippen LogP contribution in [0.3, 0.4) is 0 Å². The molecule has 1 unspecified atom stereocenters. The van der Waals surface area contributed by atoms with Crippen molar-refractivity contribution in [3.8, 4) is 5.75 Å². The van der Waals surface area contributed by atoms with Gasteiger partial charge in [0, 0.05) is 19.8 Å². The monoisotopic (exact) mass is 462 g/mol.